The van der Waals surface area contributed by atoms with Crippen molar-refractivity contribution < 1.29 is 23.9 Å². The molecule has 0 N–H and O–H groups in total. The molecule has 0 aliphatic carbocycles. The van der Waals surface area contributed by atoms with Crippen LogP contribution < -0.4 is 24.4 Å². The summed E-state index contributed by atoms with van der Waals surface area (Å²) in [6, 6.07) is 10.5. The Morgan fingerprint density at radius 2 is 2.02 bits per heavy atom. The summed E-state index contributed by atoms with van der Waals surface area (Å²) in [4.78, 5) is 43.0. The highest BCUT2D eigenvalue weighted by molar-refractivity contribution is 7.07. The Kier molecular flexibility index (Phi) is 8.95. The van der Waals surface area contributed by atoms with Crippen LogP contribution >= 0.6 is 11.3 Å². The van der Waals surface area contributed by atoms with E-state index in [2.05, 4.69) is 18.5 Å². The van der Waals surface area contributed by atoms with Crippen LogP contribution in [-0.4, -0.2) is 35.8 Å². The minimum Gasteiger partial charge on any atom is -0.493 e. The van der Waals surface area contributed by atoms with Crippen molar-refractivity contribution in [2.45, 2.75) is 32.7 Å². The van der Waals surface area contributed by atoms with Crippen LogP contribution in [0.15, 0.2) is 76.2 Å². The van der Waals surface area contributed by atoms with Crippen LogP contribution in [-0.2, 0) is 9.53 Å². The second-order valence-electron chi connectivity index (χ2n) is 8.90. The number of aromatic nitrogens is 1. The molecule has 1 aliphatic heterocycles. The molecule has 1 unspecified atom stereocenters. The number of hydrogen-bond donors (Lipinski definition) is 0. The number of methoxy groups -OCH3 is 1. The number of carbonyl (C=O) groups is 1. The summed E-state index contributed by atoms with van der Waals surface area (Å²) < 4.78 is 18.5. The van der Waals surface area contributed by atoms with Crippen LogP contribution in [0.25, 0.3) is 6.08 Å². The average molecular weight is 564 g/mol. The summed E-state index contributed by atoms with van der Waals surface area (Å²) in [6.45, 7) is 7.84. The average Bonchev–Trinajstić information content (AvgIpc) is 3.25. The summed E-state index contributed by atoms with van der Waals surface area (Å²) >= 11 is 1.08. The normalized spacial score (nSPS) is 14.8. The van der Waals surface area contributed by atoms with E-state index in [-0.39, 0.29) is 28.0 Å². The molecule has 1 aromatic heterocycles. The Morgan fingerprint density at radius 1 is 1.25 bits per heavy atom. The van der Waals surface area contributed by atoms with E-state index in [1.165, 1.54) is 29.9 Å². The molecular formula is C29H29N3O7S. The second kappa shape index (κ2) is 12.6. The van der Waals surface area contributed by atoms with Crippen molar-refractivity contribution in [3.63, 3.8) is 0 Å². The molecule has 0 radical (unpaired) electrons. The van der Waals surface area contributed by atoms with Gasteiger partial charge < -0.3 is 14.2 Å². The van der Waals surface area contributed by atoms with Crippen molar-refractivity contribution in [2.75, 3.05) is 20.3 Å². The maximum absolute atomic E-state index is 13.8. The van der Waals surface area contributed by atoms with Gasteiger partial charge in [-0.1, -0.05) is 55.5 Å². The molecule has 2 aromatic carbocycles. The lowest BCUT2D eigenvalue weighted by Gasteiger charge is -2.25. The Balaban J connectivity index is 1.92. The third kappa shape index (κ3) is 5.74. The number of hydrogen-bond acceptors (Lipinski definition) is 9. The van der Waals surface area contributed by atoms with Crippen molar-refractivity contribution >= 4 is 29.1 Å². The lowest BCUT2D eigenvalue weighted by molar-refractivity contribution is -0.385. The molecule has 4 rings (SSSR count). The van der Waals surface area contributed by atoms with E-state index < -0.39 is 22.5 Å². The maximum atomic E-state index is 13.8. The molecular weight excluding hydrogens is 534 g/mol. The number of carbonyl (C=O) groups excluding carboxylic acids is 1. The Labute approximate surface area is 234 Å². The molecule has 0 amide bonds. The number of para-hydroxylation sites is 1. The standard InChI is InChI=1S/C29H29N3O7S/c1-5-7-15-38-22-13-12-20(16-23(22)37-4)26-25(28(34)39-14-6-2)18(3)30-29-31(26)27(33)24(40-29)17-19-10-8-9-11-21(19)32(35)36/h6,8-13,16-17,26H,2,5,7,14-15H2,1,3-4H3/b24-17-. The van der Waals surface area contributed by atoms with Gasteiger partial charge in [0.2, 0.25) is 0 Å². The van der Waals surface area contributed by atoms with Gasteiger partial charge in [-0.15, -0.1) is 0 Å². The maximum Gasteiger partial charge on any atom is 0.338 e. The highest BCUT2D eigenvalue weighted by atomic mass is 32.1. The molecule has 0 spiro atoms. The van der Waals surface area contributed by atoms with Gasteiger partial charge >= 0.3 is 5.97 Å². The lowest BCUT2D eigenvalue weighted by atomic mass is 9.95. The number of nitro groups is 1. The number of fused-ring (bicyclic) bond motifs is 1. The van der Waals surface area contributed by atoms with Crippen LogP contribution in [0, 0.1) is 10.1 Å². The first-order chi connectivity index (χ1) is 19.3. The van der Waals surface area contributed by atoms with E-state index in [9.17, 15) is 19.7 Å². The minimum atomic E-state index is -0.889. The Morgan fingerprint density at radius 3 is 2.73 bits per heavy atom. The van der Waals surface area contributed by atoms with Crippen LogP contribution in [0.2, 0.25) is 0 Å². The summed E-state index contributed by atoms with van der Waals surface area (Å²) in [7, 11) is 1.52. The van der Waals surface area contributed by atoms with Gasteiger partial charge in [-0.05, 0) is 43.2 Å². The largest absolute Gasteiger partial charge is 0.493 e. The number of allylic oxidation sites excluding steroid dienone is 1. The number of nitrogens with zero attached hydrogens (tertiary/aromatic N) is 3. The zero-order valence-corrected chi connectivity index (χ0v) is 23.2. The van der Waals surface area contributed by atoms with E-state index in [0.717, 1.165) is 24.2 Å². The predicted molar refractivity (Wildman–Crippen MR) is 151 cm³/mol. The zero-order chi connectivity index (χ0) is 28.8. The molecule has 2 heterocycles. The van der Waals surface area contributed by atoms with Gasteiger partial charge in [0.05, 0.1) is 46.0 Å². The monoisotopic (exact) mass is 563 g/mol. The molecule has 0 saturated carbocycles. The fourth-order valence-corrected chi connectivity index (χ4v) is 5.36. The highest BCUT2D eigenvalue weighted by Gasteiger charge is 2.34. The van der Waals surface area contributed by atoms with Gasteiger partial charge in [0.25, 0.3) is 11.2 Å². The first kappa shape index (κ1) is 28.5. The van der Waals surface area contributed by atoms with Crippen molar-refractivity contribution in [1.82, 2.24) is 4.57 Å². The second-order valence-corrected chi connectivity index (χ2v) is 9.91. The van der Waals surface area contributed by atoms with Crippen LogP contribution in [0.5, 0.6) is 11.5 Å². The third-order valence-electron chi connectivity index (χ3n) is 6.25. The summed E-state index contributed by atoms with van der Waals surface area (Å²) in [5.41, 5.74) is 0.866. The molecule has 0 fully saturated rings. The predicted octanol–water partition coefficient (Wildman–Crippen LogP) is 4.06. The van der Waals surface area contributed by atoms with E-state index in [0.29, 0.717) is 34.2 Å². The van der Waals surface area contributed by atoms with Crippen molar-refractivity contribution in [2.24, 2.45) is 4.99 Å². The van der Waals surface area contributed by atoms with Gasteiger partial charge in [-0.2, -0.15) is 0 Å². The number of benzene rings is 2. The van der Waals surface area contributed by atoms with Crippen molar-refractivity contribution in [3.05, 3.63) is 107 Å². The number of rotatable bonds is 11. The molecule has 3 aromatic rings. The number of unbranched alkanes of at least 4 members (excludes halogenated alkanes) is 1. The van der Waals surface area contributed by atoms with Crippen molar-refractivity contribution in [3.8, 4) is 11.5 Å². The van der Waals surface area contributed by atoms with Crippen LogP contribution in [0.4, 0.5) is 5.69 Å². The van der Waals surface area contributed by atoms with E-state index in [4.69, 9.17) is 14.2 Å². The van der Waals surface area contributed by atoms with Gasteiger partial charge in [-0.25, -0.2) is 9.79 Å². The van der Waals surface area contributed by atoms with Crippen LogP contribution in [0.1, 0.15) is 43.9 Å². The van der Waals surface area contributed by atoms with Crippen LogP contribution in [0.3, 0.4) is 0 Å². The van der Waals surface area contributed by atoms with E-state index >= 15 is 0 Å². The lowest BCUT2D eigenvalue weighted by Crippen LogP contribution is -2.40. The van der Waals surface area contributed by atoms with Gasteiger partial charge in [0, 0.05) is 6.07 Å². The first-order valence-electron chi connectivity index (χ1n) is 12.6. The van der Waals surface area contributed by atoms with Gasteiger partial charge in [0.15, 0.2) is 16.3 Å². The number of esters is 1. The smallest absolute Gasteiger partial charge is 0.338 e. The van der Waals surface area contributed by atoms with Gasteiger partial charge in [0.1, 0.15) is 6.61 Å². The summed E-state index contributed by atoms with van der Waals surface area (Å²) in [5.74, 6) is 0.352. The molecule has 1 atom stereocenters. The van der Waals surface area contributed by atoms with Crippen molar-refractivity contribution in [1.29, 1.82) is 0 Å². The summed E-state index contributed by atoms with van der Waals surface area (Å²) in [5, 5.41) is 11.5. The SMILES string of the molecule is C=CCOC(=O)C1=C(C)N=c2s/c(=C\c3ccccc3[N+](=O)[O-])c(=O)n2C1c1ccc(OCCCC)c(OC)c1. The number of ether oxygens (including phenoxy) is 3. The number of thiazole rings is 1. The Hall–Kier alpha value is -4.51. The molecule has 1 aliphatic rings. The Bertz CT molecular complexity index is 1670. The fraction of sp³-hybridized carbons (Fsp3) is 0.276. The molecule has 0 saturated heterocycles. The summed E-state index contributed by atoms with van der Waals surface area (Å²) in [6.07, 6.45) is 4.78. The number of nitro benzene ring substituents is 1. The molecule has 0 bridgehead atoms. The fourth-order valence-electron chi connectivity index (χ4n) is 4.33. The van der Waals surface area contributed by atoms with Gasteiger partial charge in [-0.3, -0.25) is 19.5 Å². The quantitative estimate of drug-likeness (QED) is 0.113. The molecule has 11 heteroatoms. The molecule has 40 heavy (non-hydrogen) atoms. The molecule has 10 nitrogen and oxygen atoms in total. The highest BCUT2D eigenvalue weighted by Crippen LogP contribution is 2.36. The molecule has 208 valence electrons. The minimum absolute atomic E-state index is 0.0159. The first-order valence-corrected chi connectivity index (χ1v) is 13.5. The third-order valence-corrected chi connectivity index (χ3v) is 7.24. The zero-order valence-electron chi connectivity index (χ0n) is 22.4. The topological polar surface area (TPSA) is 122 Å². The van der Waals surface area contributed by atoms with E-state index in [1.807, 2.05) is 0 Å². The van der Waals surface area contributed by atoms with E-state index in [1.54, 1.807) is 43.3 Å².